The number of hydrogen-bond acceptors (Lipinski definition) is 8. The van der Waals surface area contributed by atoms with Crippen molar-refractivity contribution in [2.45, 2.75) is 19.4 Å². The molecule has 2 N–H and O–H groups in total. The summed E-state index contributed by atoms with van der Waals surface area (Å²) in [5, 5.41) is 0.292. The van der Waals surface area contributed by atoms with Gasteiger partial charge < -0.3 is 19.9 Å². The predicted molar refractivity (Wildman–Crippen MR) is 107 cm³/mol. The van der Waals surface area contributed by atoms with Crippen molar-refractivity contribution >= 4 is 29.2 Å². The van der Waals surface area contributed by atoms with Crippen LogP contribution in [0.2, 0.25) is 5.02 Å². The normalized spacial score (nSPS) is 13.6. The van der Waals surface area contributed by atoms with Gasteiger partial charge in [-0.2, -0.15) is 0 Å². The largest absolute Gasteiger partial charge is 0.486 e. The summed E-state index contributed by atoms with van der Waals surface area (Å²) in [6.07, 6.45) is -1.48. The molecule has 0 saturated heterocycles. The number of esters is 1. The Hall–Kier alpha value is -3.27. The summed E-state index contributed by atoms with van der Waals surface area (Å²) in [5.41, 5.74) is 4.34. The fourth-order valence-corrected chi connectivity index (χ4v) is 3.31. The van der Waals surface area contributed by atoms with E-state index in [0.29, 0.717) is 35.3 Å². The SMILES string of the molecule is C[C@H](OC(=O)Cc1cc(Cl)c2c(c1)OCCO2)C(=O)c1c(N)n(C)c(=O)n(C)c1=O. The lowest BCUT2D eigenvalue weighted by Gasteiger charge is -2.20. The second-order valence-electron chi connectivity index (χ2n) is 6.74. The first-order valence-electron chi connectivity index (χ1n) is 8.99. The molecule has 0 unspecified atom stereocenters. The number of halogens is 1. The Morgan fingerprint density at radius 1 is 1.20 bits per heavy atom. The van der Waals surface area contributed by atoms with Crippen molar-refractivity contribution in [3.05, 3.63) is 49.1 Å². The lowest BCUT2D eigenvalue weighted by Crippen LogP contribution is -2.43. The van der Waals surface area contributed by atoms with Gasteiger partial charge in [-0.25, -0.2) is 4.79 Å². The molecule has 1 aliphatic rings. The van der Waals surface area contributed by atoms with Crippen molar-refractivity contribution < 1.29 is 23.8 Å². The van der Waals surface area contributed by atoms with Gasteiger partial charge in [-0.1, -0.05) is 11.6 Å². The number of aromatic nitrogens is 2. The number of nitrogen functional groups attached to an aromatic ring is 1. The molecule has 30 heavy (non-hydrogen) atoms. The molecule has 0 amide bonds. The summed E-state index contributed by atoms with van der Waals surface area (Å²) in [7, 11) is 2.55. The number of nitrogens with zero attached hydrogens (tertiary/aromatic N) is 2. The maximum absolute atomic E-state index is 12.7. The highest BCUT2D eigenvalue weighted by Crippen LogP contribution is 2.38. The minimum atomic E-state index is -1.29. The van der Waals surface area contributed by atoms with Crippen molar-refractivity contribution in [2.75, 3.05) is 18.9 Å². The van der Waals surface area contributed by atoms with Crippen LogP contribution in [0, 0.1) is 0 Å². The van der Waals surface area contributed by atoms with Crippen LogP contribution in [0.4, 0.5) is 5.82 Å². The maximum Gasteiger partial charge on any atom is 0.332 e. The van der Waals surface area contributed by atoms with Crippen LogP contribution in [0.15, 0.2) is 21.7 Å². The van der Waals surface area contributed by atoms with Gasteiger partial charge >= 0.3 is 11.7 Å². The van der Waals surface area contributed by atoms with Crippen molar-refractivity contribution in [3.8, 4) is 11.5 Å². The highest BCUT2D eigenvalue weighted by molar-refractivity contribution is 6.32. The van der Waals surface area contributed by atoms with Gasteiger partial charge in [0.15, 0.2) is 17.6 Å². The summed E-state index contributed by atoms with van der Waals surface area (Å²) in [5.74, 6) is -0.998. The van der Waals surface area contributed by atoms with Crippen LogP contribution < -0.4 is 26.5 Å². The fourth-order valence-electron chi connectivity index (χ4n) is 3.02. The second-order valence-corrected chi connectivity index (χ2v) is 7.15. The molecule has 1 atom stereocenters. The highest BCUT2D eigenvalue weighted by Gasteiger charge is 2.27. The molecule has 10 nitrogen and oxygen atoms in total. The molecule has 3 rings (SSSR count). The number of hydrogen-bond donors (Lipinski definition) is 1. The molecule has 160 valence electrons. The number of Topliss-reactive ketones (excluding diaryl/α,β-unsaturated/α-hetero) is 1. The van der Waals surface area contributed by atoms with E-state index in [9.17, 15) is 19.2 Å². The van der Waals surface area contributed by atoms with E-state index < -0.39 is 34.7 Å². The first kappa shape index (κ1) is 21.4. The van der Waals surface area contributed by atoms with Gasteiger partial charge in [0.05, 0.1) is 11.4 Å². The lowest BCUT2D eigenvalue weighted by atomic mass is 10.1. The molecule has 2 heterocycles. The molecule has 0 aliphatic carbocycles. The smallest absolute Gasteiger partial charge is 0.332 e. The lowest BCUT2D eigenvalue weighted by molar-refractivity contribution is -0.145. The summed E-state index contributed by atoms with van der Waals surface area (Å²) in [4.78, 5) is 49.2. The molecular weight excluding hydrogens is 418 g/mol. The minimum absolute atomic E-state index is 0.186. The summed E-state index contributed by atoms with van der Waals surface area (Å²) in [6, 6.07) is 3.15. The number of benzene rings is 1. The molecule has 0 spiro atoms. The molecule has 1 aromatic heterocycles. The predicted octanol–water partition coefficient (Wildman–Crippen LogP) is 0.448. The zero-order valence-corrected chi connectivity index (χ0v) is 17.3. The Morgan fingerprint density at radius 2 is 1.87 bits per heavy atom. The monoisotopic (exact) mass is 437 g/mol. The Bertz CT molecular complexity index is 1150. The Kier molecular flexibility index (Phi) is 5.88. The molecule has 2 aromatic rings. The van der Waals surface area contributed by atoms with Crippen LogP contribution in [-0.4, -0.2) is 40.2 Å². The standard InChI is InChI=1S/C19H20ClN3O7/c1-9(15(25)14-17(21)22(2)19(27)23(3)18(14)26)30-13(24)8-10-6-11(20)16-12(7-10)28-4-5-29-16/h6-7,9H,4-5,8,21H2,1-3H3/t9-/m0/s1. The van der Waals surface area contributed by atoms with E-state index >= 15 is 0 Å². The van der Waals surface area contributed by atoms with Crippen LogP contribution in [0.3, 0.4) is 0 Å². The Morgan fingerprint density at radius 3 is 2.57 bits per heavy atom. The van der Waals surface area contributed by atoms with E-state index in [4.69, 9.17) is 31.5 Å². The number of nitrogens with two attached hydrogens (primary N) is 1. The molecule has 0 bridgehead atoms. The summed E-state index contributed by atoms with van der Waals surface area (Å²) < 4.78 is 17.8. The van der Waals surface area contributed by atoms with Gasteiger partial charge in [-0.3, -0.25) is 23.5 Å². The minimum Gasteiger partial charge on any atom is -0.486 e. The number of anilines is 1. The van der Waals surface area contributed by atoms with Crippen LogP contribution >= 0.6 is 11.6 Å². The second kappa shape index (κ2) is 8.23. The third kappa shape index (κ3) is 3.90. The van der Waals surface area contributed by atoms with E-state index in [1.807, 2.05) is 0 Å². The van der Waals surface area contributed by atoms with E-state index in [1.54, 1.807) is 12.1 Å². The quantitative estimate of drug-likeness (QED) is 0.526. The zero-order valence-electron chi connectivity index (χ0n) is 16.6. The number of ether oxygens (including phenoxy) is 3. The molecule has 11 heteroatoms. The third-order valence-electron chi connectivity index (χ3n) is 4.64. The molecule has 0 saturated carbocycles. The summed E-state index contributed by atoms with van der Waals surface area (Å²) >= 11 is 6.15. The summed E-state index contributed by atoms with van der Waals surface area (Å²) in [6.45, 7) is 2.06. The van der Waals surface area contributed by atoms with Crippen molar-refractivity contribution in [2.24, 2.45) is 14.1 Å². The van der Waals surface area contributed by atoms with Crippen LogP contribution in [0.25, 0.3) is 0 Å². The molecule has 1 aromatic carbocycles. The van der Waals surface area contributed by atoms with E-state index in [2.05, 4.69) is 0 Å². The number of carbonyl (C=O) groups is 2. The Balaban J connectivity index is 1.77. The van der Waals surface area contributed by atoms with Crippen molar-refractivity contribution in [1.29, 1.82) is 0 Å². The van der Waals surface area contributed by atoms with Crippen LogP contribution in [0.1, 0.15) is 22.8 Å². The van der Waals surface area contributed by atoms with Crippen LogP contribution in [0.5, 0.6) is 11.5 Å². The molecule has 0 radical (unpaired) electrons. The first-order chi connectivity index (χ1) is 14.1. The van der Waals surface area contributed by atoms with Crippen molar-refractivity contribution in [1.82, 2.24) is 9.13 Å². The molecule has 0 fully saturated rings. The van der Waals surface area contributed by atoms with Crippen molar-refractivity contribution in [3.63, 3.8) is 0 Å². The van der Waals surface area contributed by atoms with E-state index in [-0.39, 0.29) is 12.2 Å². The average Bonchev–Trinajstić information content (AvgIpc) is 2.70. The van der Waals surface area contributed by atoms with Gasteiger partial charge in [-0.05, 0) is 24.6 Å². The average molecular weight is 438 g/mol. The van der Waals surface area contributed by atoms with Crippen LogP contribution in [-0.2, 0) is 30.0 Å². The number of fused-ring (bicyclic) bond motifs is 1. The number of carbonyl (C=O) groups excluding carboxylic acids is 2. The van der Waals surface area contributed by atoms with E-state index in [1.165, 1.54) is 21.0 Å². The number of ketones is 1. The van der Waals surface area contributed by atoms with Gasteiger partial charge in [0.1, 0.15) is 24.6 Å². The van der Waals surface area contributed by atoms with Gasteiger partial charge in [0.2, 0.25) is 5.78 Å². The Labute approximate surface area is 175 Å². The fraction of sp³-hybridized carbons (Fsp3) is 0.368. The maximum atomic E-state index is 12.7. The third-order valence-corrected chi connectivity index (χ3v) is 4.92. The van der Waals surface area contributed by atoms with E-state index in [0.717, 1.165) is 9.13 Å². The number of rotatable bonds is 5. The molecule has 1 aliphatic heterocycles. The van der Waals surface area contributed by atoms with Gasteiger partial charge in [0, 0.05) is 14.1 Å². The first-order valence-corrected chi connectivity index (χ1v) is 9.36. The topological polar surface area (TPSA) is 132 Å². The highest BCUT2D eigenvalue weighted by atomic mass is 35.5. The zero-order chi connectivity index (χ0) is 22.2. The molecular formula is C19H20ClN3O7. The van der Waals surface area contributed by atoms with Gasteiger partial charge in [0.25, 0.3) is 5.56 Å². The van der Waals surface area contributed by atoms with Gasteiger partial charge in [-0.15, -0.1) is 0 Å².